The number of nitrogen functional groups attached to an aromatic ring is 1. The average molecular weight is 622 g/mol. The maximum absolute atomic E-state index is 13.4. The predicted octanol–water partition coefficient (Wildman–Crippen LogP) is 6.09. The molecule has 11 nitrogen and oxygen atoms in total. The highest BCUT2D eigenvalue weighted by Crippen LogP contribution is 2.53. The summed E-state index contributed by atoms with van der Waals surface area (Å²) in [6, 6.07) is 1.53. The zero-order chi connectivity index (χ0) is 30.9. The van der Waals surface area contributed by atoms with Gasteiger partial charge in [0, 0.05) is 6.20 Å². The Hall–Kier alpha value is -0.896. The second kappa shape index (κ2) is 12.4. The van der Waals surface area contributed by atoms with E-state index in [1.54, 1.807) is 20.8 Å². The van der Waals surface area contributed by atoms with Crippen LogP contribution in [0, 0.1) is 0 Å². The van der Waals surface area contributed by atoms with E-state index in [0.717, 1.165) is 0 Å². The Labute approximate surface area is 242 Å². The van der Waals surface area contributed by atoms with Crippen molar-refractivity contribution in [3.63, 3.8) is 0 Å². The van der Waals surface area contributed by atoms with Gasteiger partial charge in [0.05, 0.1) is 13.2 Å². The lowest BCUT2D eigenvalue weighted by Crippen LogP contribution is -2.56. The molecule has 0 amide bonds. The molecule has 1 aliphatic heterocycles. The number of aromatic nitrogens is 2. The number of hydrogen-bond donors (Lipinski definition) is 1. The molecule has 40 heavy (non-hydrogen) atoms. The third kappa shape index (κ3) is 7.93. The van der Waals surface area contributed by atoms with Crippen LogP contribution in [-0.2, 0) is 31.9 Å². The molecule has 2 heterocycles. The van der Waals surface area contributed by atoms with Crippen molar-refractivity contribution in [2.24, 2.45) is 0 Å². The molecular formula is C26H52N3O8PSi2. The zero-order valence-corrected chi connectivity index (χ0v) is 29.6. The molecule has 0 aliphatic carbocycles. The third-order valence-electron chi connectivity index (χ3n) is 8.20. The van der Waals surface area contributed by atoms with E-state index in [1.807, 2.05) is 0 Å². The molecule has 0 radical (unpaired) electrons. The summed E-state index contributed by atoms with van der Waals surface area (Å²) in [6.07, 6.45) is -1.31. The molecular weight excluding hydrogens is 569 g/mol. The van der Waals surface area contributed by atoms with E-state index in [-0.39, 0.29) is 35.5 Å². The lowest BCUT2D eigenvalue weighted by molar-refractivity contribution is -0.246. The van der Waals surface area contributed by atoms with Gasteiger partial charge >= 0.3 is 13.3 Å². The van der Waals surface area contributed by atoms with Gasteiger partial charge in [0.15, 0.2) is 35.0 Å². The van der Waals surface area contributed by atoms with E-state index in [9.17, 15) is 9.36 Å². The summed E-state index contributed by atoms with van der Waals surface area (Å²) >= 11 is 0. The van der Waals surface area contributed by atoms with E-state index in [2.05, 4.69) is 72.7 Å². The molecule has 2 rings (SSSR count). The summed E-state index contributed by atoms with van der Waals surface area (Å²) in [6.45, 7) is 26.9. The fourth-order valence-electron chi connectivity index (χ4n) is 3.79. The summed E-state index contributed by atoms with van der Waals surface area (Å²) in [5, 5.41) is -0.304. The molecule has 2 N–H and O–H groups in total. The van der Waals surface area contributed by atoms with Gasteiger partial charge in [-0.25, -0.2) is 4.79 Å². The SMILES string of the molecule is CCOP(=O)(CO[C@@]1(C)O[C@@H](n2ccc(N)nc2=O)[C@H](O[Si](C)(C)C(C)(C)C)[C@H]1O[Si](C)(C)C(C)(C)C)OCC. The van der Waals surface area contributed by atoms with E-state index in [0.29, 0.717) is 0 Å². The first-order chi connectivity index (χ1) is 18.0. The first kappa shape index (κ1) is 35.3. The van der Waals surface area contributed by atoms with E-state index >= 15 is 0 Å². The molecule has 1 aliphatic rings. The van der Waals surface area contributed by atoms with E-state index < -0.39 is 54.1 Å². The summed E-state index contributed by atoms with van der Waals surface area (Å²) in [7, 11) is -8.50. The molecule has 0 aromatic carbocycles. The molecule has 0 bridgehead atoms. The third-order valence-corrected chi connectivity index (χ3v) is 18.9. The van der Waals surface area contributed by atoms with E-state index in [4.69, 9.17) is 33.1 Å². The van der Waals surface area contributed by atoms with Crippen molar-refractivity contribution < 1.29 is 31.9 Å². The van der Waals surface area contributed by atoms with Crippen molar-refractivity contribution in [2.75, 3.05) is 25.3 Å². The Kier molecular flexibility index (Phi) is 10.9. The topological polar surface area (TPSA) is 133 Å². The van der Waals surface area contributed by atoms with Crippen molar-refractivity contribution in [1.82, 2.24) is 9.55 Å². The number of nitrogens with two attached hydrogens (primary N) is 1. The second-order valence-electron chi connectivity index (χ2n) is 13.4. The van der Waals surface area contributed by atoms with E-state index in [1.165, 1.54) is 16.8 Å². The van der Waals surface area contributed by atoms with Crippen LogP contribution in [0.2, 0.25) is 36.3 Å². The number of nitrogens with zero attached hydrogens (tertiary/aromatic N) is 2. The highest BCUT2D eigenvalue weighted by atomic mass is 31.2. The van der Waals surface area contributed by atoms with Crippen LogP contribution in [0.3, 0.4) is 0 Å². The Morgan fingerprint density at radius 3 is 1.98 bits per heavy atom. The molecule has 0 saturated carbocycles. The molecule has 1 fully saturated rings. The largest absolute Gasteiger partial charge is 0.406 e. The monoisotopic (exact) mass is 621 g/mol. The van der Waals surface area contributed by atoms with Gasteiger partial charge in [0.25, 0.3) is 0 Å². The maximum atomic E-state index is 13.4. The Morgan fingerprint density at radius 1 is 1.02 bits per heavy atom. The minimum Gasteiger partial charge on any atom is -0.406 e. The summed E-state index contributed by atoms with van der Waals surface area (Å²) in [5.74, 6) is -1.37. The summed E-state index contributed by atoms with van der Waals surface area (Å²) in [5.41, 5.74) is 5.21. The first-order valence-electron chi connectivity index (χ1n) is 13.9. The van der Waals surface area contributed by atoms with Gasteiger partial charge in [-0.1, -0.05) is 41.5 Å². The number of hydrogen-bond acceptors (Lipinski definition) is 10. The van der Waals surface area contributed by atoms with Crippen molar-refractivity contribution in [3.8, 4) is 0 Å². The number of ether oxygens (including phenoxy) is 2. The van der Waals surface area contributed by atoms with Crippen molar-refractivity contribution in [2.45, 2.75) is 123 Å². The van der Waals surface area contributed by atoms with Gasteiger partial charge in [-0.15, -0.1) is 0 Å². The van der Waals surface area contributed by atoms with Crippen LogP contribution >= 0.6 is 7.60 Å². The Bertz CT molecular complexity index is 1110. The molecule has 232 valence electrons. The molecule has 0 spiro atoms. The Balaban J connectivity index is 2.72. The second-order valence-corrected chi connectivity index (χ2v) is 24.9. The molecule has 14 heteroatoms. The lowest BCUT2D eigenvalue weighted by Gasteiger charge is -2.45. The normalized spacial score (nSPS) is 25.0. The van der Waals surface area contributed by atoms with Crippen LogP contribution in [0.15, 0.2) is 17.1 Å². The Morgan fingerprint density at radius 2 is 1.52 bits per heavy atom. The summed E-state index contributed by atoms with van der Waals surface area (Å²) < 4.78 is 52.6. The highest BCUT2D eigenvalue weighted by Gasteiger charge is 2.61. The summed E-state index contributed by atoms with van der Waals surface area (Å²) in [4.78, 5) is 17.0. The predicted molar refractivity (Wildman–Crippen MR) is 162 cm³/mol. The molecule has 1 aromatic rings. The molecule has 1 aromatic heterocycles. The standard InChI is InChI=1S/C26H52N3O8PSi2/c1-14-33-38(31,34-15-2)18-32-26(9)21(37-40(12,13)25(6,7)8)20(36-39(10,11)24(3,4)5)22(35-26)29-17-16-19(27)28-23(29)30/h16-17,20-22H,14-15,18H2,1-13H3,(H2,27,28,30)/t20-,21-,22-,26+/m1/s1. The van der Waals surface area contributed by atoms with Crippen molar-refractivity contribution in [1.29, 1.82) is 0 Å². The van der Waals surface area contributed by atoms with Crippen LogP contribution in [0.5, 0.6) is 0 Å². The fraction of sp³-hybridized carbons (Fsp3) is 0.846. The smallest absolute Gasteiger partial charge is 0.356 e. The van der Waals surface area contributed by atoms with Gasteiger partial charge in [-0.3, -0.25) is 9.13 Å². The maximum Gasteiger partial charge on any atom is 0.356 e. The average Bonchev–Trinajstić information content (AvgIpc) is 3.02. The van der Waals surface area contributed by atoms with Crippen LogP contribution in [0.4, 0.5) is 5.82 Å². The van der Waals surface area contributed by atoms with Crippen LogP contribution < -0.4 is 11.4 Å². The van der Waals surface area contributed by atoms with Gasteiger partial charge in [-0.2, -0.15) is 4.98 Å². The minimum absolute atomic E-state index is 0.101. The van der Waals surface area contributed by atoms with Gasteiger partial charge in [0.2, 0.25) is 0 Å². The molecule has 1 saturated heterocycles. The van der Waals surface area contributed by atoms with Crippen molar-refractivity contribution >= 4 is 30.0 Å². The van der Waals surface area contributed by atoms with Gasteiger partial charge < -0.3 is 33.1 Å². The quantitative estimate of drug-likeness (QED) is 0.216. The zero-order valence-electron chi connectivity index (χ0n) is 26.7. The molecule has 0 unspecified atom stereocenters. The van der Waals surface area contributed by atoms with Crippen molar-refractivity contribution in [3.05, 3.63) is 22.7 Å². The lowest BCUT2D eigenvalue weighted by atomic mass is 10.1. The van der Waals surface area contributed by atoms with Crippen LogP contribution in [0.25, 0.3) is 0 Å². The fourth-order valence-corrected chi connectivity index (χ4v) is 7.83. The minimum atomic E-state index is -3.60. The number of rotatable bonds is 12. The van der Waals surface area contributed by atoms with Crippen LogP contribution in [-0.4, -0.2) is 63.7 Å². The number of anilines is 1. The first-order valence-corrected chi connectivity index (χ1v) is 21.5. The van der Waals surface area contributed by atoms with Crippen LogP contribution in [0.1, 0.15) is 68.5 Å². The van der Waals surface area contributed by atoms with Gasteiger partial charge in [-0.05, 0) is 63.1 Å². The molecule has 4 atom stereocenters. The van der Waals surface area contributed by atoms with Gasteiger partial charge in [0.1, 0.15) is 18.0 Å². The highest BCUT2D eigenvalue weighted by molar-refractivity contribution is 7.53.